The third kappa shape index (κ3) is 2.92. The second kappa shape index (κ2) is 5.25. The number of hydrogen-bond donors (Lipinski definition) is 0. The maximum Gasteiger partial charge on any atom is 0.289 e. The average molecular weight is 300 g/mol. The summed E-state index contributed by atoms with van der Waals surface area (Å²) in [6, 6.07) is 3.64. The monoisotopic (exact) mass is 299 g/mol. The zero-order valence-corrected chi connectivity index (χ0v) is 11.9. The quantitative estimate of drug-likeness (QED) is 0.801. The number of nitrogens with zero attached hydrogens (tertiary/aromatic N) is 1. The summed E-state index contributed by atoms with van der Waals surface area (Å²) < 4.78 is 5.47. The third-order valence-corrected chi connectivity index (χ3v) is 4.03. The Hall–Kier alpha value is -0.770. The second-order valence-corrected chi connectivity index (χ2v) is 6.03. The molecule has 0 saturated heterocycles. The fourth-order valence-corrected chi connectivity index (χ4v) is 3.20. The Labute approximate surface area is 110 Å². The molecule has 1 heterocycles. The number of furan rings is 1. The molecular weight excluding hydrogens is 282 g/mol. The number of aryl methyl sites for hydroxylation is 1. The van der Waals surface area contributed by atoms with Gasteiger partial charge in [-0.1, -0.05) is 22.9 Å². The first-order valence-corrected chi connectivity index (χ1v) is 7.00. The normalized spacial score (nSPS) is 23.2. The van der Waals surface area contributed by atoms with E-state index in [1.807, 2.05) is 20.0 Å². The van der Waals surface area contributed by atoms with Crippen LogP contribution in [0.5, 0.6) is 0 Å². The molecule has 2 rings (SSSR count). The average Bonchev–Trinajstić information content (AvgIpc) is 2.74. The summed E-state index contributed by atoms with van der Waals surface area (Å²) in [6.45, 7) is 2.84. The number of carbonyl (C=O) groups is 1. The van der Waals surface area contributed by atoms with Gasteiger partial charge in [-0.15, -0.1) is 0 Å². The third-order valence-electron chi connectivity index (χ3n) is 3.28. The molecule has 1 amide bonds. The maximum absolute atomic E-state index is 12.1. The van der Waals surface area contributed by atoms with Crippen LogP contribution in [0.1, 0.15) is 36.1 Å². The van der Waals surface area contributed by atoms with Gasteiger partial charge in [-0.3, -0.25) is 4.79 Å². The van der Waals surface area contributed by atoms with Crippen molar-refractivity contribution >= 4 is 21.8 Å². The smallest absolute Gasteiger partial charge is 0.289 e. The van der Waals surface area contributed by atoms with Crippen LogP contribution < -0.4 is 0 Å². The van der Waals surface area contributed by atoms with Crippen LogP contribution in [0, 0.1) is 5.92 Å². The molecular formula is C13H18BrNO2. The first kappa shape index (κ1) is 12.7. The number of hydrogen-bond acceptors (Lipinski definition) is 2. The van der Waals surface area contributed by atoms with Crippen LogP contribution in [-0.2, 0) is 6.42 Å². The lowest BCUT2D eigenvalue weighted by Crippen LogP contribution is -2.37. The first-order valence-electron chi connectivity index (χ1n) is 6.08. The lowest BCUT2D eigenvalue weighted by atomic mass is 9.85. The molecule has 3 nitrogen and oxygen atoms in total. The van der Waals surface area contributed by atoms with Gasteiger partial charge >= 0.3 is 0 Å². The summed E-state index contributed by atoms with van der Waals surface area (Å²) >= 11 is 3.56. The van der Waals surface area contributed by atoms with Crippen molar-refractivity contribution in [3.05, 3.63) is 23.7 Å². The van der Waals surface area contributed by atoms with Gasteiger partial charge in [-0.25, -0.2) is 0 Å². The minimum atomic E-state index is -0.0114. The van der Waals surface area contributed by atoms with Crippen molar-refractivity contribution in [3.63, 3.8) is 0 Å². The highest BCUT2D eigenvalue weighted by Gasteiger charge is 2.29. The second-order valence-electron chi connectivity index (χ2n) is 4.74. The minimum Gasteiger partial charge on any atom is -0.456 e. The first-order chi connectivity index (χ1) is 8.10. The molecule has 1 saturated carbocycles. The molecule has 1 aromatic heterocycles. The van der Waals surface area contributed by atoms with E-state index >= 15 is 0 Å². The molecule has 17 heavy (non-hydrogen) atoms. The van der Waals surface area contributed by atoms with E-state index in [0.717, 1.165) is 31.6 Å². The van der Waals surface area contributed by atoms with Gasteiger partial charge in [-0.2, -0.15) is 0 Å². The lowest BCUT2D eigenvalue weighted by Gasteiger charge is -2.34. The van der Waals surface area contributed by atoms with E-state index in [-0.39, 0.29) is 5.91 Å². The van der Waals surface area contributed by atoms with Crippen LogP contribution in [-0.4, -0.2) is 29.2 Å². The van der Waals surface area contributed by atoms with Crippen molar-refractivity contribution in [1.82, 2.24) is 4.90 Å². The summed E-state index contributed by atoms with van der Waals surface area (Å²) in [7, 11) is 1.85. The maximum atomic E-state index is 12.1. The lowest BCUT2D eigenvalue weighted by molar-refractivity contribution is 0.0715. The Morgan fingerprint density at radius 1 is 1.53 bits per heavy atom. The van der Waals surface area contributed by atoms with Crippen molar-refractivity contribution in [2.75, 3.05) is 13.6 Å². The van der Waals surface area contributed by atoms with Crippen molar-refractivity contribution in [2.24, 2.45) is 5.92 Å². The van der Waals surface area contributed by atoms with E-state index in [2.05, 4.69) is 15.9 Å². The van der Waals surface area contributed by atoms with Crippen molar-refractivity contribution < 1.29 is 9.21 Å². The Kier molecular flexibility index (Phi) is 3.92. The summed E-state index contributed by atoms with van der Waals surface area (Å²) in [5.41, 5.74) is 0. The Morgan fingerprint density at radius 2 is 2.24 bits per heavy atom. The molecule has 0 bridgehead atoms. The molecule has 1 aromatic rings. The van der Waals surface area contributed by atoms with Crippen LogP contribution >= 0.6 is 15.9 Å². The van der Waals surface area contributed by atoms with Gasteiger partial charge in [0.2, 0.25) is 0 Å². The number of rotatable bonds is 4. The molecule has 1 aliphatic carbocycles. The van der Waals surface area contributed by atoms with Gasteiger partial charge < -0.3 is 9.32 Å². The van der Waals surface area contributed by atoms with Crippen molar-refractivity contribution in [1.29, 1.82) is 0 Å². The predicted octanol–water partition coefficient (Wildman–Crippen LogP) is 3.09. The largest absolute Gasteiger partial charge is 0.456 e. The molecule has 0 spiro atoms. The number of amides is 1. The van der Waals surface area contributed by atoms with Gasteiger partial charge in [-0.05, 0) is 30.9 Å². The number of carbonyl (C=O) groups excluding carboxylic acids is 1. The highest BCUT2D eigenvalue weighted by molar-refractivity contribution is 9.09. The number of alkyl halides is 1. The SMILES string of the molecule is CCc1ccc(C(=O)N(C)CC2CC(Br)C2)o1. The Morgan fingerprint density at radius 3 is 2.76 bits per heavy atom. The van der Waals surface area contributed by atoms with Crippen LogP contribution in [0.3, 0.4) is 0 Å². The Balaban J connectivity index is 1.90. The van der Waals surface area contributed by atoms with E-state index < -0.39 is 0 Å². The van der Waals surface area contributed by atoms with Crippen LogP contribution in [0.15, 0.2) is 16.5 Å². The summed E-state index contributed by atoms with van der Waals surface area (Å²) in [5, 5.41) is 0. The van der Waals surface area contributed by atoms with E-state index in [9.17, 15) is 4.79 Å². The predicted molar refractivity (Wildman–Crippen MR) is 70.5 cm³/mol. The summed E-state index contributed by atoms with van der Waals surface area (Å²) in [6.07, 6.45) is 3.15. The summed E-state index contributed by atoms with van der Waals surface area (Å²) in [5.74, 6) is 1.95. The molecule has 0 unspecified atom stereocenters. The van der Waals surface area contributed by atoms with Crippen LogP contribution in [0.25, 0.3) is 0 Å². The highest BCUT2D eigenvalue weighted by Crippen LogP contribution is 2.33. The number of halogens is 1. The molecule has 1 aliphatic rings. The molecule has 1 fully saturated rings. The van der Waals surface area contributed by atoms with E-state index in [1.165, 1.54) is 0 Å². The van der Waals surface area contributed by atoms with Gasteiger partial charge in [0.25, 0.3) is 5.91 Å². The molecule has 94 valence electrons. The molecule has 0 aliphatic heterocycles. The van der Waals surface area contributed by atoms with Crippen molar-refractivity contribution in [3.8, 4) is 0 Å². The molecule has 0 atom stereocenters. The zero-order valence-electron chi connectivity index (χ0n) is 10.3. The standard InChI is InChI=1S/C13H18BrNO2/c1-3-11-4-5-12(17-11)13(16)15(2)8-9-6-10(14)7-9/h4-5,9-10H,3,6-8H2,1-2H3. The summed E-state index contributed by atoms with van der Waals surface area (Å²) in [4.78, 5) is 14.5. The fourth-order valence-electron chi connectivity index (χ4n) is 2.14. The molecule has 4 heteroatoms. The van der Waals surface area contributed by atoms with Crippen LogP contribution in [0.4, 0.5) is 0 Å². The highest BCUT2D eigenvalue weighted by atomic mass is 79.9. The van der Waals surface area contributed by atoms with E-state index in [0.29, 0.717) is 16.5 Å². The zero-order chi connectivity index (χ0) is 12.4. The molecule has 0 radical (unpaired) electrons. The van der Waals surface area contributed by atoms with E-state index in [1.54, 1.807) is 11.0 Å². The van der Waals surface area contributed by atoms with Gasteiger partial charge in [0.1, 0.15) is 5.76 Å². The van der Waals surface area contributed by atoms with Gasteiger partial charge in [0.05, 0.1) is 0 Å². The Bertz CT molecular complexity index is 396. The minimum absolute atomic E-state index is 0.0114. The molecule has 0 N–H and O–H groups in total. The van der Waals surface area contributed by atoms with Gasteiger partial charge in [0.15, 0.2) is 5.76 Å². The van der Waals surface area contributed by atoms with Crippen LogP contribution in [0.2, 0.25) is 0 Å². The van der Waals surface area contributed by atoms with Crippen molar-refractivity contribution in [2.45, 2.75) is 31.0 Å². The topological polar surface area (TPSA) is 33.5 Å². The van der Waals surface area contributed by atoms with Gasteiger partial charge in [0, 0.05) is 24.8 Å². The fraction of sp³-hybridized carbons (Fsp3) is 0.615. The van der Waals surface area contributed by atoms with E-state index in [4.69, 9.17) is 4.42 Å². The molecule has 0 aromatic carbocycles.